The van der Waals surface area contributed by atoms with Gasteiger partial charge in [0.25, 0.3) is 5.91 Å². The monoisotopic (exact) mass is 332 g/mol. The molecule has 0 unspecified atom stereocenters. The SMILES string of the molecule is C[C@H]1CN(C(=O)c2cc(C3CC3)on2)CCN1C1CCN(C)CC1. The molecule has 1 aliphatic carbocycles. The van der Waals surface area contributed by atoms with Crippen molar-refractivity contribution in [3.05, 3.63) is 17.5 Å². The quantitative estimate of drug-likeness (QED) is 0.845. The van der Waals surface area contributed by atoms with Crippen LogP contribution in [0.2, 0.25) is 0 Å². The third-order valence-corrected chi connectivity index (χ3v) is 5.85. The first-order chi connectivity index (χ1) is 11.6. The fourth-order valence-electron chi connectivity index (χ4n) is 4.14. The standard InChI is InChI=1S/C18H28N4O2/c1-13-12-21(9-10-22(13)15-5-7-20(2)8-6-15)18(23)16-11-17(24-19-16)14-3-4-14/h11,13-15H,3-10,12H2,1-2H3/t13-/m0/s1. The molecule has 132 valence electrons. The largest absolute Gasteiger partial charge is 0.360 e. The molecular formula is C18H28N4O2. The van der Waals surface area contributed by atoms with E-state index >= 15 is 0 Å². The molecule has 24 heavy (non-hydrogen) atoms. The molecule has 1 amide bonds. The summed E-state index contributed by atoms with van der Waals surface area (Å²) in [6.07, 6.45) is 4.80. The van der Waals surface area contributed by atoms with E-state index in [9.17, 15) is 4.79 Å². The van der Waals surface area contributed by atoms with E-state index in [1.807, 2.05) is 11.0 Å². The Labute approximate surface area is 143 Å². The average molecular weight is 332 g/mol. The molecule has 2 aliphatic heterocycles. The highest BCUT2D eigenvalue weighted by molar-refractivity contribution is 5.92. The van der Waals surface area contributed by atoms with E-state index in [0.717, 1.165) is 38.2 Å². The van der Waals surface area contributed by atoms with E-state index in [0.29, 0.717) is 23.7 Å². The molecule has 1 aromatic rings. The predicted octanol–water partition coefficient (Wildman–Crippen LogP) is 1.79. The fraction of sp³-hybridized carbons (Fsp3) is 0.778. The van der Waals surface area contributed by atoms with Gasteiger partial charge >= 0.3 is 0 Å². The van der Waals surface area contributed by atoms with Crippen LogP contribution < -0.4 is 0 Å². The van der Waals surface area contributed by atoms with Gasteiger partial charge < -0.3 is 14.3 Å². The number of piperidine rings is 1. The molecule has 3 heterocycles. The van der Waals surface area contributed by atoms with Crippen LogP contribution in [-0.2, 0) is 0 Å². The molecule has 3 aliphatic rings. The van der Waals surface area contributed by atoms with Crippen LogP contribution in [0, 0.1) is 0 Å². The molecular weight excluding hydrogens is 304 g/mol. The highest BCUT2D eigenvalue weighted by atomic mass is 16.5. The van der Waals surface area contributed by atoms with Crippen molar-refractivity contribution >= 4 is 5.91 Å². The minimum Gasteiger partial charge on any atom is -0.360 e. The topological polar surface area (TPSA) is 52.8 Å². The molecule has 3 fully saturated rings. The van der Waals surface area contributed by atoms with Crippen LogP contribution in [-0.4, -0.2) is 77.6 Å². The number of carbonyl (C=O) groups excluding carboxylic acids is 1. The van der Waals surface area contributed by atoms with Gasteiger partial charge in [-0.15, -0.1) is 0 Å². The molecule has 0 radical (unpaired) electrons. The molecule has 0 N–H and O–H groups in total. The number of piperazine rings is 1. The zero-order valence-electron chi connectivity index (χ0n) is 14.8. The number of hydrogen-bond donors (Lipinski definition) is 0. The first-order valence-electron chi connectivity index (χ1n) is 9.32. The predicted molar refractivity (Wildman–Crippen MR) is 91.1 cm³/mol. The lowest BCUT2D eigenvalue weighted by molar-refractivity contribution is 0.0223. The molecule has 2 saturated heterocycles. The molecule has 1 aromatic heterocycles. The fourth-order valence-corrected chi connectivity index (χ4v) is 4.14. The lowest BCUT2D eigenvalue weighted by Crippen LogP contribution is -2.58. The molecule has 0 spiro atoms. The van der Waals surface area contributed by atoms with Crippen LogP contribution in [0.3, 0.4) is 0 Å². The second-order valence-corrected chi connectivity index (χ2v) is 7.76. The Hall–Kier alpha value is -1.40. The normalized spacial score (nSPS) is 27.6. The van der Waals surface area contributed by atoms with Crippen molar-refractivity contribution in [2.75, 3.05) is 39.8 Å². The number of nitrogens with zero attached hydrogens (tertiary/aromatic N) is 4. The number of carbonyl (C=O) groups is 1. The summed E-state index contributed by atoms with van der Waals surface area (Å²) in [6, 6.07) is 2.93. The van der Waals surface area contributed by atoms with Gasteiger partial charge in [0.15, 0.2) is 5.69 Å². The van der Waals surface area contributed by atoms with Crippen LogP contribution in [0.4, 0.5) is 0 Å². The zero-order valence-corrected chi connectivity index (χ0v) is 14.8. The Morgan fingerprint density at radius 1 is 1.17 bits per heavy atom. The summed E-state index contributed by atoms with van der Waals surface area (Å²) in [4.78, 5) is 19.7. The van der Waals surface area contributed by atoms with Crippen molar-refractivity contribution < 1.29 is 9.32 Å². The maximum absolute atomic E-state index is 12.7. The number of likely N-dealkylation sites (tertiary alicyclic amines) is 1. The molecule has 1 saturated carbocycles. The maximum Gasteiger partial charge on any atom is 0.276 e. The van der Waals surface area contributed by atoms with Crippen molar-refractivity contribution in [3.8, 4) is 0 Å². The summed E-state index contributed by atoms with van der Waals surface area (Å²) in [5.74, 6) is 1.41. The second-order valence-electron chi connectivity index (χ2n) is 7.76. The molecule has 6 nitrogen and oxygen atoms in total. The first-order valence-corrected chi connectivity index (χ1v) is 9.32. The highest BCUT2D eigenvalue weighted by Crippen LogP contribution is 2.40. The summed E-state index contributed by atoms with van der Waals surface area (Å²) in [5.41, 5.74) is 0.483. The van der Waals surface area contributed by atoms with E-state index in [1.165, 1.54) is 25.9 Å². The number of hydrogen-bond acceptors (Lipinski definition) is 5. The van der Waals surface area contributed by atoms with Crippen molar-refractivity contribution in [1.82, 2.24) is 19.9 Å². The van der Waals surface area contributed by atoms with E-state index in [-0.39, 0.29) is 5.91 Å². The summed E-state index contributed by atoms with van der Waals surface area (Å²) in [5, 5.41) is 4.01. The lowest BCUT2D eigenvalue weighted by Gasteiger charge is -2.46. The molecule has 4 rings (SSSR count). The van der Waals surface area contributed by atoms with Gasteiger partial charge in [-0.05, 0) is 52.7 Å². The Morgan fingerprint density at radius 2 is 1.92 bits per heavy atom. The van der Waals surface area contributed by atoms with E-state index in [2.05, 4.69) is 28.9 Å². The van der Waals surface area contributed by atoms with Crippen molar-refractivity contribution in [2.45, 2.75) is 50.6 Å². The third-order valence-electron chi connectivity index (χ3n) is 5.85. The van der Waals surface area contributed by atoms with Gasteiger partial charge in [0, 0.05) is 43.7 Å². The maximum atomic E-state index is 12.7. The van der Waals surface area contributed by atoms with Gasteiger partial charge in [-0.3, -0.25) is 9.69 Å². The van der Waals surface area contributed by atoms with E-state index in [4.69, 9.17) is 4.52 Å². The first kappa shape index (κ1) is 16.1. The van der Waals surface area contributed by atoms with Gasteiger partial charge in [0.2, 0.25) is 0 Å². The average Bonchev–Trinajstić information content (AvgIpc) is 3.32. The Kier molecular flexibility index (Phi) is 4.35. The molecule has 0 aromatic carbocycles. The van der Waals surface area contributed by atoms with Crippen LogP contribution >= 0.6 is 0 Å². The zero-order chi connectivity index (χ0) is 16.7. The van der Waals surface area contributed by atoms with Gasteiger partial charge in [-0.25, -0.2) is 0 Å². The smallest absolute Gasteiger partial charge is 0.276 e. The summed E-state index contributed by atoms with van der Waals surface area (Å²) in [6.45, 7) is 7.15. The van der Waals surface area contributed by atoms with E-state index in [1.54, 1.807) is 0 Å². The molecule has 6 heteroatoms. The van der Waals surface area contributed by atoms with Crippen LogP contribution in [0.1, 0.15) is 54.8 Å². The number of aromatic nitrogens is 1. The van der Waals surface area contributed by atoms with Gasteiger partial charge in [0.05, 0.1) is 0 Å². The van der Waals surface area contributed by atoms with Crippen molar-refractivity contribution in [2.24, 2.45) is 0 Å². The Bertz CT molecular complexity index is 590. The van der Waals surface area contributed by atoms with Crippen molar-refractivity contribution in [3.63, 3.8) is 0 Å². The van der Waals surface area contributed by atoms with Crippen LogP contribution in [0.5, 0.6) is 0 Å². The highest BCUT2D eigenvalue weighted by Gasteiger charge is 2.34. The van der Waals surface area contributed by atoms with Crippen LogP contribution in [0.25, 0.3) is 0 Å². The minimum absolute atomic E-state index is 0.0283. The van der Waals surface area contributed by atoms with Gasteiger partial charge in [-0.2, -0.15) is 0 Å². The summed E-state index contributed by atoms with van der Waals surface area (Å²) >= 11 is 0. The minimum atomic E-state index is 0.0283. The third kappa shape index (κ3) is 3.22. The summed E-state index contributed by atoms with van der Waals surface area (Å²) < 4.78 is 5.34. The molecule has 0 bridgehead atoms. The Morgan fingerprint density at radius 3 is 2.58 bits per heavy atom. The summed E-state index contributed by atoms with van der Waals surface area (Å²) in [7, 11) is 2.20. The second kappa shape index (κ2) is 6.48. The van der Waals surface area contributed by atoms with Gasteiger partial charge in [0.1, 0.15) is 5.76 Å². The lowest BCUT2D eigenvalue weighted by atomic mass is 10.00. The van der Waals surface area contributed by atoms with Gasteiger partial charge in [-0.1, -0.05) is 5.16 Å². The van der Waals surface area contributed by atoms with E-state index < -0.39 is 0 Å². The number of amides is 1. The Balaban J connectivity index is 1.35. The van der Waals surface area contributed by atoms with Crippen LogP contribution in [0.15, 0.2) is 10.6 Å². The van der Waals surface area contributed by atoms with Crippen molar-refractivity contribution in [1.29, 1.82) is 0 Å². The molecule has 1 atom stereocenters. The number of rotatable bonds is 3.